The Labute approximate surface area is 90.8 Å². The number of ether oxygens (including phenoxy) is 1. The minimum atomic E-state index is -0.183. The number of aromatic amines is 2. The Morgan fingerprint density at radius 3 is 2.60 bits per heavy atom. The lowest BCUT2D eigenvalue weighted by atomic mass is 10.1. The van der Waals surface area contributed by atoms with E-state index in [0.717, 1.165) is 5.56 Å². The van der Waals surface area contributed by atoms with Crippen LogP contribution in [0, 0.1) is 0 Å². The van der Waals surface area contributed by atoms with Crippen molar-refractivity contribution in [3.8, 4) is 17.0 Å². The predicted octanol–water partition coefficient (Wildman–Crippen LogP) is 2.03. The molecule has 0 unspecified atom stereocenters. The molecule has 0 fully saturated rings. The second-order valence-electron chi connectivity index (χ2n) is 3.02. The molecule has 2 rings (SSSR count). The molecule has 0 aliphatic heterocycles. The number of benzene rings is 1. The van der Waals surface area contributed by atoms with E-state index in [1.54, 1.807) is 25.3 Å². The second kappa shape index (κ2) is 3.82. The Balaban J connectivity index is 2.49. The topological polar surface area (TPSA) is 57.9 Å². The normalized spacial score (nSPS) is 10.3. The van der Waals surface area contributed by atoms with Crippen LogP contribution in [0.4, 0.5) is 0 Å². The standard InChI is InChI=1S/C10H9ClN2O2/c1-15-6-2-3-7(8(11)4-6)9-5-10(14)13-12-9/h2-5H,1H3,(H2,12,13,14). The maximum absolute atomic E-state index is 10.9. The summed E-state index contributed by atoms with van der Waals surface area (Å²) in [6.45, 7) is 0. The summed E-state index contributed by atoms with van der Waals surface area (Å²) < 4.78 is 5.03. The number of aromatic nitrogens is 2. The number of methoxy groups -OCH3 is 1. The van der Waals surface area contributed by atoms with Crippen LogP contribution < -0.4 is 10.3 Å². The zero-order valence-corrected chi connectivity index (χ0v) is 8.76. The summed E-state index contributed by atoms with van der Waals surface area (Å²) in [4.78, 5) is 10.9. The average Bonchev–Trinajstić information content (AvgIpc) is 2.64. The van der Waals surface area contributed by atoms with Crippen LogP contribution >= 0.6 is 11.6 Å². The van der Waals surface area contributed by atoms with Crippen molar-refractivity contribution >= 4 is 11.6 Å². The predicted molar refractivity (Wildman–Crippen MR) is 58.4 cm³/mol. The van der Waals surface area contributed by atoms with Gasteiger partial charge in [-0.25, -0.2) is 0 Å². The molecule has 0 spiro atoms. The lowest BCUT2D eigenvalue weighted by Gasteiger charge is -2.04. The van der Waals surface area contributed by atoms with Crippen molar-refractivity contribution < 1.29 is 4.74 Å². The summed E-state index contributed by atoms with van der Waals surface area (Å²) in [5.41, 5.74) is 1.24. The molecule has 2 N–H and O–H groups in total. The number of halogens is 1. The van der Waals surface area contributed by atoms with Gasteiger partial charge in [-0.05, 0) is 18.2 Å². The van der Waals surface area contributed by atoms with Gasteiger partial charge >= 0.3 is 0 Å². The van der Waals surface area contributed by atoms with Gasteiger partial charge in [0.2, 0.25) is 0 Å². The van der Waals surface area contributed by atoms with Crippen molar-refractivity contribution in [2.24, 2.45) is 0 Å². The van der Waals surface area contributed by atoms with E-state index in [0.29, 0.717) is 16.5 Å². The minimum Gasteiger partial charge on any atom is -0.497 e. The Bertz CT molecular complexity index is 530. The van der Waals surface area contributed by atoms with Crippen LogP contribution in [-0.2, 0) is 0 Å². The van der Waals surface area contributed by atoms with Gasteiger partial charge in [-0.1, -0.05) is 11.6 Å². The first-order chi connectivity index (χ1) is 7.20. The van der Waals surface area contributed by atoms with E-state index in [1.807, 2.05) is 0 Å². The monoisotopic (exact) mass is 224 g/mol. The third-order valence-corrected chi connectivity index (χ3v) is 2.37. The fourth-order valence-electron chi connectivity index (χ4n) is 1.32. The van der Waals surface area contributed by atoms with E-state index in [1.165, 1.54) is 6.07 Å². The van der Waals surface area contributed by atoms with E-state index in [9.17, 15) is 4.79 Å². The van der Waals surface area contributed by atoms with Gasteiger partial charge in [0.15, 0.2) is 0 Å². The fourth-order valence-corrected chi connectivity index (χ4v) is 1.59. The highest BCUT2D eigenvalue weighted by Gasteiger charge is 2.06. The molecular weight excluding hydrogens is 216 g/mol. The van der Waals surface area contributed by atoms with Gasteiger partial charge in [-0.3, -0.25) is 15.0 Å². The molecule has 4 nitrogen and oxygen atoms in total. The van der Waals surface area contributed by atoms with Gasteiger partial charge in [0.1, 0.15) is 5.75 Å². The molecule has 0 radical (unpaired) electrons. The quantitative estimate of drug-likeness (QED) is 0.820. The molecular formula is C10H9ClN2O2. The first kappa shape index (κ1) is 9.86. The maximum atomic E-state index is 10.9. The Hall–Kier alpha value is -1.68. The Morgan fingerprint density at radius 2 is 2.07 bits per heavy atom. The molecule has 0 aliphatic rings. The summed E-state index contributed by atoms with van der Waals surface area (Å²) in [5, 5.41) is 5.72. The maximum Gasteiger partial charge on any atom is 0.264 e. The van der Waals surface area contributed by atoms with Crippen molar-refractivity contribution in [2.75, 3.05) is 7.11 Å². The van der Waals surface area contributed by atoms with Crippen molar-refractivity contribution in [3.05, 3.63) is 39.6 Å². The fraction of sp³-hybridized carbons (Fsp3) is 0.100. The summed E-state index contributed by atoms with van der Waals surface area (Å²) >= 11 is 6.04. The van der Waals surface area contributed by atoms with Gasteiger partial charge in [0, 0.05) is 11.6 Å². The lowest BCUT2D eigenvalue weighted by Crippen LogP contribution is -1.93. The van der Waals surface area contributed by atoms with Crippen LogP contribution in [0.1, 0.15) is 0 Å². The number of rotatable bonds is 2. The number of hydrogen-bond acceptors (Lipinski definition) is 2. The van der Waals surface area contributed by atoms with Crippen LogP contribution in [0.3, 0.4) is 0 Å². The number of nitrogens with one attached hydrogen (secondary N) is 2. The van der Waals surface area contributed by atoms with Gasteiger partial charge in [-0.2, -0.15) is 0 Å². The molecule has 2 aromatic rings. The van der Waals surface area contributed by atoms with Crippen LogP contribution in [0.5, 0.6) is 5.75 Å². The summed E-state index contributed by atoms with van der Waals surface area (Å²) in [6.07, 6.45) is 0. The molecule has 5 heteroatoms. The molecule has 0 amide bonds. The van der Waals surface area contributed by atoms with Gasteiger partial charge in [0.25, 0.3) is 5.56 Å². The third-order valence-electron chi connectivity index (χ3n) is 2.06. The largest absolute Gasteiger partial charge is 0.497 e. The van der Waals surface area contributed by atoms with Crippen molar-refractivity contribution in [1.82, 2.24) is 10.2 Å². The van der Waals surface area contributed by atoms with Crippen LogP contribution in [-0.4, -0.2) is 17.3 Å². The highest BCUT2D eigenvalue weighted by atomic mass is 35.5. The van der Waals surface area contributed by atoms with Gasteiger partial charge < -0.3 is 4.74 Å². The summed E-state index contributed by atoms with van der Waals surface area (Å²) in [5.74, 6) is 0.682. The lowest BCUT2D eigenvalue weighted by molar-refractivity contribution is 0.415. The molecule has 0 saturated heterocycles. The van der Waals surface area contributed by atoms with Gasteiger partial charge in [0.05, 0.1) is 17.8 Å². The molecule has 1 aromatic carbocycles. The Kier molecular flexibility index (Phi) is 2.51. The average molecular weight is 225 g/mol. The first-order valence-electron chi connectivity index (χ1n) is 4.32. The highest BCUT2D eigenvalue weighted by molar-refractivity contribution is 6.33. The van der Waals surface area contributed by atoms with Crippen LogP contribution in [0.25, 0.3) is 11.3 Å². The second-order valence-corrected chi connectivity index (χ2v) is 3.43. The molecule has 78 valence electrons. The zero-order valence-electron chi connectivity index (χ0n) is 8.00. The molecule has 0 bridgehead atoms. The molecule has 15 heavy (non-hydrogen) atoms. The van der Waals surface area contributed by atoms with Crippen molar-refractivity contribution in [2.45, 2.75) is 0 Å². The number of H-pyrrole nitrogens is 2. The van der Waals surface area contributed by atoms with E-state index in [-0.39, 0.29) is 5.56 Å². The molecule has 0 saturated carbocycles. The van der Waals surface area contributed by atoms with E-state index >= 15 is 0 Å². The smallest absolute Gasteiger partial charge is 0.264 e. The van der Waals surface area contributed by atoms with Crippen molar-refractivity contribution in [3.63, 3.8) is 0 Å². The Morgan fingerprint density at radius 1 is 1.27 bits per heavy atom. The molecule has 0 aliphatic carbocycles. The minimum absolute atomic E-state index is 0.183. The third kappa shape index (κ3) is 1.89. The number of hydrogen-bond donors (Lipinski definition) is 2. The van der Waals surface area contributed by atoms with E-state index < -0.39 is 0 Å². The van der Waals surface area contributed by atoms with Crippen LogP contribution in [0.2, 0.25) is 5.02 Å². The summed E-state index contributed by atoms with van der Waals surface area (Å²) in [7, 11) is 1.57. The zero-order chi connectivity index (χ0) is 10.8. The SMILES string of the molecule is COc1ccc(-c2cc(=O)[nH][nH]2)c(Cl)c1. The van der Waals surface area contributed by atoms with E-state index in [2.05, 4.69) is 10.2 Å². The van der Waals surface area contributed by atoms with Crippen LogP contribution in [0.15, 0.2) is 29.1 Å². The molecule has 1 heterocycles. The van der Waals surface area contributed by atoms with E-state index in [4.69, 9.17) is 16.3 Å². The van der Waals surface area contributed by atoms with Crippen molar-refractivity contribution in [1.29, 1.82) is 0 Å². The first-order valence-corrected chi connectivity index (χ1v) is 4.70. The highest BCUT2D eigenvalue weighted by Crippen LogP contribution is 2.28. The summed E-state index contributed by atoms with van der Waals surface area (Å²) in [6, 6.07) is 6.72. The molecule has 0 atom stereocenters. The molecule has 1 aromatic heterocycles. The van der Waals surface area contributed by atoms with Gasteiger partial charge in [-0.15, -0.1) is 0 Å².